The molecular weight excluding hydrogens is 396 g/mol. The van der Waals surface area contributed by atoms with Gasteiger partial charge >= 0.3 is 0 Å². The Balaban J connectivity index is 1.74. The molecule has 6 nitrogen and oxygen atoms in total. The van der Waals surface area contributed by atoms with Gasteiger partial charge in [-0.25, -0.2) is 0 Å². The van der Waals surface area contributed by atoms with Gasteiger partial charge in [-0.1, -0.05) is 6.07 Å². The number of hydrogen-bond donors (Lipinski definition) is 0. The minimum Gasteiger partial charge on any atom is -0.493 e. The van der Waals surface area contributed by atoms with Gasteiger partial charge in [0.15, 0.2) is 34.5 Å². The van der Waals surface area contributed by atoms with E-state index in [2.05, 4.69) is 6.08 Å². The van der Waals surface area contributed by atoms with E-state index >= 15 is 0 Å². The molecule has 1 heterocycles. The minimum atomic E-state index is 0.228. The first-order valence-electron chi connectivity index (χ1n) is 9.81. The predicted octanol–water partition coefficient (Wildman–Crippen LogP) is 5.02. The number of rotatable bonds is 5. The molecule has 6 heteroatoms. The van der Waals surface area contributed by atoms with Crippen molar-refractivity contribution in [3.8, 4) is 45.6 Å². The summed E-state index contributed by atoms with van der Waals surface area (Å²) in [7, 11) is 6.54. The highest BCUT2D eigenvalue weighted by Gasteiger charge is 2.29. The van der Waals surface area contributed by atoms with Crippen molar-refractivity contribution in [1.29, 1.82) is 0 Å². The predicted molar refractivity (Wildman–Crippen MR) is 118 cm³/mol. The molecule has 0 radical (unpaired) electrons. The Labute approximate surface area is 180 Å². The van der Waals surface area contributed by atoms with Crippen LogP contribution in [0.2, 0.25) is 0 Å². The Morgan fingerprint density at radius 3 is 1.77 bits per heavy atom. The van der Waals surface area contributed by atoms with Gasteiger partial charge in [0.2, 0.25) is 6.79 Å². The molecule has 0 fully saturated rings. The molecule has 1 aliphatic carbocycles. The Hall–Kier alpha value is -3.80. The average Bonchev–Trinajstić information content (AvgIpc) is 3.38. The quantitative estimate of drug-likeness (QED) is 0.454. The Morgan fingerprint density at radius 2 is 1.13 bits per heavy atom. The van der Waals surface area contributed by atoms with E-state index in [1.165, 1.54) is 0 Å². The van der Waals surface area contributed by atoms with Gasteiger partial charge in [0.1, 0.15) is 0 Å². The molecule has 0 saturated heterocycles. The molecule has 0 N–H and O–H groups in total. The third-order valence-electron chi connectivity index (χ3n) is 5.63. The van der Waals surface area contributed by atoms with Gasteiger partial charge in [0.05, 0.1) is 28.4 Å². The van der Waals surface area contributed by atoms with Gasteiger partial charge in [-0.3, -0.25) is 0 Å². The van der Waals surface area contributed by atoms with Crippen LogP contribution in [0.15, 0.2) is 42.5 Å². The number of benzene rings is 3. The molecule has 158 valence electrons. The molecule has 3 aromatic carbocycles. The van der Waals surface area contributed by atoms with E-state index in [0.717, 1.165) is 44.9 Å². The molecule has 2 aliphatic rings. The lowest BCUT2D eigenvalue weighted by Gasteiger charge is -2.11. The number of methoxy groups -OCH3 is 4. The maximum Gasteiger partial charge on any atom is 0.231 e. The van der Waals surface area contributed by atoms with Crippen molar-refractivity contribution in [3.63, 3.8) is 0 Å². The monoisotopic (exact) mass is 418 g/mol. The van der Waals surface area contributed by atoms with Crippen molar-refractivity contribution in [2.24, 2.45) is 0 Å². The summed E-state index contributed by atoms with van der Waals surface area (Å²) in [6, 6.07) is 13.9. The Kier molecular flexibility index (Phi) is 4.62. The minimum absolute atomic E-state index is 0.228. The molecule has 0 saturated carbocycles. The highest BCUT2D eigenvalue weighted by molar-refractivity contribution is 6.08. The van der Waals surface area contributed by atoms with Crippen LogP contribution >= 0.6 is 0 Å². The van der Waals surface area contributed by atoms with Crippen LogP contribution < -0.4 is 28.4 Å². The normalized spacial score (nSPS) is 14.3. The van der Waals surface area contributed by atoms with Crippen LogP contribution in [-0.2, 0) is 0 Å². The zero-order valence-electron chi connectivity index (χ0n) is 17.8. The summed E-state index contributed by atoms with van der Waals surface area (Å²) in [5, 5.41) is 0. The second kappa shape index (κ2) is 7.47. The van der Waals surface area contributed by atoms with Gasteiger partial charge in [0.25, 0.3) is 0 Å². The third kappa shape index (κ3) is 3.03. The molecule has 0 bridgehead atoms. The lowest BCUT2D eigenvalue weighted by molar-refractivity contribution is 0.174. The second-order valence-corrected chi connectivity index (χ2v) is 7.18. The second-order valence-electron chi connectivity index (χ2n) is 7.18. The van der Waals surface area contributed by atoms with E-state index in [-0.39, 0.29) is 6.79 Å². The van der Waals surface area contributed by atoms with E-state index < -0.39 is 0 Å². The standard InChI is InChI=1S/C25H22O6/c1-26-20-6-5-14(8-21(20)27-2)7-15-16-9-22(28-3)23(29-4)10-17(16)19-12-25-24(11-18(15)19)30-13-31-25/h5-12H,13H2,1-4H3/b15-7-. The van der Waals surface area contributed by atoms with Crippen molar-refractivity contribution in [2.45, 2.75) is 0 Å². The Morgan fingerprint density at radius 1 is 0.613 bits per heavy atom. The zero-order chi connectivity index (χ0) is 21.5. The fourth-order valence-corrected chi connectivity index (χ4v) is 4.12. The van der Waals surface area contributed by atoms with Gasteiger partial charge < -0.3 is 28.4 Å². The van der Waals surface area contributed by atoms with E-state index in [1.807, 2.05) is 42.5 Å². The molecule has 5 rings (SSSR count). The fourth-order valence-electron chi connectivity index (χ4n) is 4.12. The smallest absolute Gasteiger partial charge is 0.231 e. The molecule has 0 aromatic heterocycles. The van der Waals surface area contributed by atoms with Crippen molar-refractivity contribution in [2.75, 3.05) is 35.2 Å². The SMILES string of the molecule is COc1ccc(/C=C2/c3cc(OC)c(OC)cc3-c3cc4c(cc32)OCO4)cc1OC. The van der Waals surface area contributed by atoms with E-state index in [0.29, 0.717) is 23.0 Å². The largest absolute Gasteiger partial charge is 0.493 e. The van der Waals surface area contributed by atoms with Crippen LogP contribution in [0, 0.1) is 0 Å². The summed E-state index contributed by atoms with van der Waals surface area (Å²) in [5.74, 6) is 4.19. The third-order valence-corrected chi connectivity index (χ3v) is 5.63. The van der Waals surface area contributed by atoms with E-state index in [9.17, 15) is 0 Å². The van der Waals surface area contributed by atoms with Crippen LogP contribution in [0.1, 0.15) is 16.7 Å². The lowest BCUT2D eigenvalue weighted by atomic mass is 10.00. The van der Waals surface area contributed by atoms with E-state index in [4.69, 9.17) is 28.4 Å². The summed E-state index contributed by atoms with van der Waals surface area (Å²) in [6.45, 7) is 0.228. The van der Waals surface area contributed by atoms with Crippen molar-refractivity contribution in [3.05, 3.63) is 59.2 Å². The first kappa shape index (κ1) is 19.2. The first-order chi connectivity index (χ1) is 15.2. The van der Waals surface area contributed by atoms with Crippen LogP contribution in [0.3, 0.4) is 0 Å². The summed E-state index contributed by atoms with van der Waals surface area (Å²) in [4.78, 5) is 0. The van der Waals surface area contributed by atoms with Gasteiger partial charge in [-0.2, -0.15) is 0 Å². The maximum absolute atomic E-state index is 5.64. The highest BCUT2D eigenvalue weighted by Crippen LogP contribution is 2.52. The number of ether oxygens (including phenoxy) is 6. The summed E-state index contributed by atoms with van der Waals surface area (Å²) in [6.07, 6.45) is 2.13. The van der Waals surface area contributed by atoms with Gasteiger partial charge in [-0.15, -0.1) is 0 Å². The number of fused-ring (bicyclic) bond motifs is 4. The molecule has 0 unspecified atom stereocenters. The average molecular weight is 418 g/mol. The van der Waals surface area contributed by atoms with Crippen molar-refractivity contribution in [1.82, 2.24) is 0 Å². The summed E-state index contributed by atoms with van der Waals surface area (Å²) < 4.78 is 33.2. The fraction of sp³-hybridized carbons (Fsp3) is 0.200. The van der Waals surface area contributed by atoms with E-state index in [1.54, 1.807) is 28.4 Å². The molecule has 3 aromatic rings. The van der Waals surface area contributed by atoms with Crippen molar-refractivity contribution >= 4 is 11.6 Å². The molecule has 0 atom stereocenters. The van der Waals surface area contributed by atoms with Crippen LogP contribution in [-0.4, -0.2) is 35.2 Å². The number of hydrogen-bond acceptors (Lipinski definition) is 6. The first-order valence-corrected chi connectivity index (χ1v) is 9.81. The van der Waals surface area contributed by atoms with Crippen LogP contribution in [0.4, 0.5) is 0 Å². The molecule has 31 heavy (non-hydrogen) atoms. The maximum atomic E-state index is 5.64. The van der Waals surface area contributed by atoms with Crippen molar-refractivity contribution < 1.29 is 28.4 Å². The molecule has 0 spiro atoms. The van der Waals surface area contributed by atoms with Crippen LogP contribution in [0.25, 0.3) is 22.8 Å². The molecule has 0 amide bonds. The topological polar surface area (TPSA) is 55.4 Å². The Bertz CT molecular complexity index is 1210. The van der Waals surface area contributed by atoms with Crippen LogP contribution in [0.5, 0.6) is 34.5 Å². The molecular formula is C25H22O6. The summed E-state index contributed by atoms with van der Waals surface area (Å²) >= 11 is 0. The van der Waals surface area contributed by atoms with Gasteiger partial charge in [0, 0.05) is 0 Å². The molecule has 1 aliphatic heterocycles. The highest BCUT2D eigenvalue weighted by atomic mass is 16.7. The summed E-state index contributed by atoms with van der Waals surface area (Å²) in [5.41, 5.74) is 6.26. The zero-order valence-corrected chi connectivity index (χ0v) is 17.8. The van der Waals surface area contributed by atoms with Gasteiger partial charge in [-0.05, 0) is 75.9 Å². The lowest BCUT2D eigenvalue weighted by Crippen LogP contribution is -1.93.